The molecule has 0 fully saturated rings. The number of carbonyl (C=O) groups excluding carboxylic acids is 1. The van der Waals surface area contributed by atoms with Crippen LogP contribution in [0.3, 0.4) is 0 Å². The van der Waals surface area contributed by atoms with Gasteiger partial charge in [0.1, 0.15) is 0 Å². The van der Waals surface area contributed by atoms with Crippen molar-refractivity contribution >= 4 is 5.91 Å². The van der Waals surface area contributed by atoms with Gasteiger partial charge >= 0.3 is 0 Å². The summed E-state index contributed by atoms with van der Waals surface area (Å²) < 4.78 is 1.80. The average molecular weight is 272 g/mol. The van der Waals surface area contributed by atoms with Gasteiger partial charge in [-0.1, -0.05) is 30.3 Å². The van der Waals surface area contributed by atoms with E-state index in [2.05, 4.69) is 10.4 Å². The van der Waals surface area contributed by atoms with Crippen molar-refractivity contribution in [1.82, 2.24) is 15.1 Å². The molecule has 0 aliphatic carbocycles. The largest absolute Gasteiger partial charge is 0.354 e. The Balaban J connectivity index is 1.76. The molecule has 0 unspecified atom stereocenters. The highest BCUT2D eigenvalue weighted by Crippen LogP contribution is 2.02. The lowest BCUT2D eigenvalue weighted by molar-refractivity contribution is -0.122. The molecule has 5 nitrogen and oxygen atoms in total. The van der Waals surface area contributed by atoms with Crippen molar-refractivity contribution < 1.29 is 4.79 Å². The lowest BCUT2D eigenvalue weighted by Crippen LogP contribution is -2.42. The maximum Gasteiger partial charge on any atom is 0.237 e. The Labute approximate surface area is 118 Å². The SMILES string of the molecule is Cn1nccc1CCNC(=O)[C@H](N)Cc1ccccc1. The first-order valence-electron chi connectivity index (χ1n) is 6.71. The van der Waals surface area contributed by atoms with E-state index in [9.17, 15) is 4.79 Å². The monoisotopic (exact) mass is 272 g/mol. The van der Waals surface area contributed by atoms with E-state index >= 15 is 0 Å². The zero-order valence-corrected chi connectivity index (χ0v) is 11.6. The van der Waals surface area contributed by atoms with Crippen molar-refractivity contribution in [2.75, 3.05) is 6.54 Å². The number of hydrogen-bond donors (Lipinski definition) is 2. The summed E-state index contributed by atoms with van der Waals surface area (Å²) in [6.45, 7) is 0.570. The van der Waals surface area contributed by atoms with Crippen LogP contribution in [0.1, 0.15) is 11.3 Å². The molecular weight excluding hydrogens is 252 g/mol. The van der Waals surface area contributed by atoms with Gasteiger partial charge in [-0.05, 0) is 18.1 Å². The number of nitrogens with zero attached hydrogens (tertiary/aromatic N) is 2. The van der Waals surface area contributed by atoms with Gasteiger partial charge in [0.05, 0.1) is 6.04 Å². The second-order valence-electron chi connectivity index (χ2n) is 4.78. The fourth-order valence-electron chi connectivity index (χ4n) is 2.05. The molecule has 5 heteroatoms. The minimum absolute atomic E-state index is 0.115. The molecule has 0 saturated carbocycles. The zero-order chi connectivity index (χ0) is 14.4. The predicted octanol–water partition coefficient (Wildman–Crippen LogP) is 0.649. The molecule has 20 heavy (non-hydrogen) atoms. The lowest BCUT2D eigenvalue weighted by atomic mass is 10.1. The first kappa shape index (κ1) is 14.3. The van der Waals surface area contributed by atoms with Crippen molar-refractivity contribution in [3.8, 4) is 0 Å². The molecule has 0 spiro atoms. The molecule has 2 rings (SSSR count). The summed E-state index contributed by atoms with van der Waals surface area (Å²) in [4.78, 5) is 11.9. The summed E-state index contributed by atoms with van der Waals surface area (Å²) in [6.07, 6.45) is 3.05. The maximum atomic E-state index is 11.9. The fraction of sp³-hybridized carbons (Fsp3) is 0.333. The molecule has 1 heterocycles. The fourth-order valence-corrected chi connectivity index (χ4v) is 2.05. The maximum absolute atomic E-state index is 11.9. The van der Waals surface area contributed by atoms with E-state index in [1.807, 2.05) is 43.4 Å². The lowest BCUT2D eigenvalue weighted by Gasteiger charge is -2.12. The number of aryl methyl sites for hydroxylation is 1. The zero-order valence-electron chi connectivity index (χ0n) is 11.6. The second kappa shape index (κ2) is 6.86. The van der Waals surface area contributed by atoms with Crippen LogP contribution >= 0.6 is 0 Å². The van der Waals surface area contributed by atoms with Crippen LogP contribution in [-0.4, -0.2) is 28.3 Å². The standard InChI is InChI=1S/C15H20N4O/c1-19-13(8-10-18-19)7-9-17-15(20)14(16)11-12-5-3-2-4-6-12/h2-6,8,10,14H,7,9,11,16H2,1H3,(H,17,20)/t14-/m1/s1. The van der Waals surface area contributed by atoms with Crippen LogP contribution in [0.2, 0.25) is 0 Å². The van der Waals surface area contributed by atoms with E-state index in [0.29, 0.717) is 13.0 Å². The molecule has 2 aromatic rings. The van der Waals surface area contributed by atoms with Crippen molar-refractivity contribution in [3.63, 3.8) is 0 Å². The van der Waals surface area contributed by atoms with Crippen LogP contribution in [0.25, 0.3) is 0 Å². The molecule has 3 N–H and O–H groups in total. The number of amides is 1. The van der Waals surface area contributed by atoms with Crippen LogP contribution in [0, 0.1) is 0 Å². The first-order valence-corrected chi connectivity index (χ1v) is 6.71. The summed E-state index contributed by atoms with van der Waals surface area (Å²) >= 11 is 0. The highest BCUT2D eigenvalue weighted by Gasteiger charge is 2.13. The van der Waals surface area contributed by atoms with Gasteiger partial charge in [-0.2, -0.15) is 5.10 Å². The van der Waals surface area contributed by atoms with Crippen molar-refractivity contribution in [2.45, 2.75) is 18.9 Å². The first-order chi connectivity index (χ1) is 9.66. The van der Waals surface area contributed by atoms with Gasteiger partial charge in [-0.25, -0.2) is 0 Å². The topological polar surface area (TPSA) is 72.9 Å². The highest BCUT2D eigenvalue weighted by molar-refractivity contribution is 5.81. The number of aromatic nitrogens is 2. The molecule has 0 saturated heterocycles. The van der Waals surface area contributed by atoms with Gasteiger partial charge in [0, 0.05) is 31.9 Å². The Hall–Kier alpha value is -2.14. The Bertz CT molecular complexity index is 550. The van der Waals surface area contributed by atoms with E-state index in [1.54, 1.807) is 10.9 Å². The van der Waals surface area contributed by atoms with Gasteiger partial charge in [0.15, 0.2) is 0 Å². The normalized spacial score (nSPS) is 12.1. The molecule has 0 aliphatic heterocycles. The van der Waals surface area contributed by atoms with Gasteiger partial charge in [0.25, 0.3) is 0 Å². The van der Waals surface area contributed by atoms with Crippen molar-refractivity contribution in [1.29, 1.82) is 0 Å². The molecule has 106 valence electrons. The third-order valence-corrected chi connectivity index (χ3v) is 3.24. The van der Waals surface area contributed by atoms with Gasteiger partial charge < -0.3 is 11.1 Å². The second-order valence-corrected chi connectivity index (χ2v) is 4.78. The molecule has 0 radical (unpaired) electrons. The number of benzene rings is 1. The summed E-state index contributed by atoms with van der Waals surface area (Å²) in [6, 6.07) is 11.2. The van der Waals surface area contributed by atoms with E-state index in [0.717, 1.165) is 17.7 Å². The van der Waals surface area contributed by atoms with Crippen LogP contribution in [0.15, 0.2) is 42.6 Å². The summed E-state index contributed by atoms with van der Waals surface area (Å²) in [5.74, 6) is -0.115. The van der Waals surface area contributed by atoms with Crippen LogP contribution < -0.4 is 11.1 Å². The summed E-state index contributed by atoms with van der Waals surface area (Å²) in [5, 5.41) is 6.95. The van der Waals surface area contributed by atoms with Crippen molar-refractivity contribution in [3.05, 3.63) is 53.9 Å². The number of hydrogen-bond acceptors (Lipinski definition) is 3. The Morgan fingerprint density at radius 2 is 2.10 bits per heavy atom. The summed E-state index contributed by atoms with van der Waals surface area (Å²) in [7, 11) is 1.89. The Morgan fingerprint density at radius 1 is 1.35 bits per heavy atom. The minimum atomic E-state index is -0.510. The molecule has 1 amide bonds. The highest BCUT2D eigenvalue weighted by atomic mass is 16.2. The number of rotatable bonds is 6. The van der Waals surface area contributed by atoms with E-state index in [4.69, 9.17) is 5.73 Å². The van der Waals surface area contributed by atoms with E-state index in [1.165, 1.54) is 0 Å². The van der Waals surface area contributed by atoms with Crippen LogP contribution in [0.5, 0.6) is 0 Å². The number of nitrogens with two attached hydrogens (primary N) is 1. The van der Waals surface area contributed by atoms with Gasteiger partial charge in [-0.3, -0.25) is 9.48 Å². The number of nitrogens with one attached hydrogen (secondary N) is 1. The van der Waals surface area contributed by atoms with Crippen molar-refractivity contribution in [2.24, 2.45) is 12.8 Å². The smallest absolute Gasteiger partial charge is 0.237 e. The predicted molar refractivity (Wildman–Crippen MR) is 78.0 cm³/mol. The minimum Gasteiger partial charge on any atom is -0.354 e. The molecule has 0 aliphatic rings. The van der Waals surface area contributed by atoms with E-state index in [-0.39, 0.29) is 5.91 Å². The van der Waals surface area contributed by atoms with Crippen LogP contribution in [0.4, 0.5) is 0 Å². The Morgan fingerprint density at radius 3 is 2.75 bits per heavy atom. The molecular formula is C15H20N4O. The molecule has 1 aromatic carbocycles. The molecule has 1 atom stereocenters. The summed E-state index contributed by atoms with van der Waals surface area (Å²) in [5.41, 5.74) is 8.07. The molecule has 0 bridgehead atoms. The van der Waals surface area contributed by atoms with E-state index < -0.39 is 6.04 Å². The van der Waals surface area contributed by atoms with Gasteiger partial charge in [-0.15, -0.1) is 0 Å². The third kappa shape index (κ3) is 3.93. The molecule has 1 aromatic heterocycles. The quantitative estimate of drug-likeness (QED) is 0.811. The Kier molecular flexibility index (Phi) is 4.90. The average Bonchev–Trinajstić information content (AvgIpc) is 2.85. The van der Waals surface area contributed by atoms with Crippen LogP contribution in [-0.2, 0) is 24.7 Å². The third-order valence-electron chi connectivity index (χ3n) is 3.24. The van der Waals surface area contributed by atoms with Gasteiger partial charge in [0.2, 0.25) is 5.91 Å². The number of carbonyl (C=O) groups is 1.